The summed E-state index contributed by atoms with van der Waals surface area (Å²) in [7, 11) is 0. The Labute approximate surface area is 103 Å². The molecule has 1 saturated carbocycles. The van der Waals surface area contributed by atoms with Crippen molar-refractivity contribution < 1.29 is 4.74 Å². The molecule has 2 rings (SSSR count). The van der Waals surface area contributed by atoms with E-state index < -0.39 is 0 Å². The van der Waals surface area contributed by atoms with Crippen molar-refractivity contribution >= 4 is 0 Å². The molecule has 5 nitrogen and oxygen atoms in total. The molecule has 0 atom stereocenters. The Bertz CT molecular complexity index is 320. The maximum Gasteiger partial charge on any atom is 0.140 e. The summed E-state index contributed by atoms with van der Waals surface area (Å²) in [4.78, 5) is 4.21. The van der Waals surface area contributed by atoms with Crippen molar-refractivity contribution in [2.75, 3.05) is 13.2 Å². The molecule has 0 unspecified atom stereocenters. The monoisotopic (exact) mass is 238 g/mol. The van der Waals surface area contributed by atoms with Gasteiger partial charge in [0.15, 0.2) is 0 Å². The molecular formula is C12H22N4O. The number of hydrogen-bond acceptors (Lipinski definition) is 4. The number of ether oxygens (including phenoxy) is 1. The molecule has 0 bridgehead atoms. The summed E-state index contributed by atoms with van der Waals surface area (Å²) in [6, 6.07) is 0. The third kappa shape index (κ3) is 3.78. The zero-order valence-electron chi connectivity index (χ0n) is 10.6. The minimum atomic E-state index is 0.510. The van der Waals surface area contributed by atoms with Crippen LogP contribution < -0.4 is 5.32 Å². The SMILES string of the molecule is CCn1ncnc1CNCCOC1CCCC1. The van der Waals surface area contributed by atoms with Crippen molar-refractivity contribution in [3.8, 4) is 0 Å². The molecule has 1 aliphatic carbocycles. The molecule has 0 aromatic carbocycles. The van der Waals surface area contributed by atoms with Gasteiger partial charge in [-0.2, -0.15) is 5.10 Å². The van der Waals surface area contributed by atoms with E-state index in [1.807, 2.05) is 4.68 Å². The van der Waals surface area contributed by atoms with Crippen molar-refractivity contribution in [2.24, 2.45) is 0 Å². The summed E-state index contributed by atoms with van der Waals surface area (Å²) in [5.41, 5.74) is 0. The van der Waals surface area contributed by atoms with Crippen LogP contribution in [0.3, 0.4) is 0 Å². The van der Waals surface area contributed by atoms with Crippen molar-refractivity contribution in [1.29, 1.82) is 0 Å². The number of rotatable bonds is 7. The van der Waals surface area contributed by atoms with Gasteiger partial charge < -0.3 is 10.1 Å². The standard InChI is InChI=1S/C12H22N4O/c1-2-16-12(14-10-15-16)9-13-7-8-17-11-5-3-4-6-11/h10-11,13H,2-9H2,1H3. The van der Waals surface area contributed by atoms with E-state index in [9.17, 15) is 0 Å². The smallest absolute Gasteiger partial charge is 0.140 e. The van der Waals surface area contributed by atoms with Gasteiger partial charge in [-0.25, -0.2) is 9.67 Å². The lowest BCUT2D eigenvalue weighted by Crippen LogP contribution is -2.23. The zero-order chi connectivity index (χ0) is 11.9. The molecule has 1 N–H and O–H groups in total. The van der Waals surface area contributed by atoms with E-state index in [4.69, 9.17) is 4.74 Å². The Morgan fingerprint density at radius 2 is 2.29 bits per heavy atom. The first kappa shape index (κ1) is 12.5. The first-order valence-corrected chi connectivity index (χ1v) is 6.59. The second-order valence-corrected chi connectivity index (χ2v) is 4.45. The second-order valence-electron chi connectivity index (χ2n) is 4.45. The van der Waals surface area contributed by atoms with Gasteiger partial charge in [0, 0.05) is 13.1 Å². The number of nitrogens with one attached hydrogen (secondary N) is 1. The number of hydrogen-bond donors (Lipinski definition) is 1. The summed E-state index contributed by atoms with van der Waals surface area (Å²) in [6.45, 7) is 5.39. The summed E-state index contributed by atoms with van der Waals surface area (Å²) in [5.74, 6) is 0.994. The fourth-order valence-electron chi connectivity index (χ4n) is 2.24. The zero-order valence-corrected chi connectivity index (χ0v) is 10.6. The highest BCUT2D eigenvalue weighted by Crippen LogP contribution is 2.20. The van der Waals surface area contributed by atoms with Gasteiger partial charge in [0.2, 0.25) is 0 Å². The van der Waals surface area contributed by atoms with Crippen molar-refractivity contribution in [1.82, 2.24) is 20.1 Å². The first-order chi connectivity index (χ1) is 8.40. The molecule has 0 amide bonds. The van der Waals surface area contributed by atoms with Crippen LogP contribution in [0, 0.1) is 0 Å². The predicted molar refractivity (Wildman–Crippen MR) is 65.6 cm³/mol. The van der Waals surface area contributed by atoms with E-state index in [1.54, 1.807) is 6.33 Å². The molecule has 1 aromatic heterocycles. The van der Waals surface area contributed by atoms with E-state index >= 15 is 0 Å². The van der Waals surface area contributed by atoms with Crippen molar-refractivity contribution in [3.63, 3.8) is 0 Å². The Morgan fingerprint density at radius 1 is 1.47 bits per heavy atom. The van der Waals surface area contributed by atoms with E-state index in [0.29, 0.717) is 6.10 Å². The van der Waals surface area contributed by atoms with Gasteiger partial charge in [-0.15, -0.1) is 0 Å². The van der Waals surface area contributed by atoms with Crippen molar-refractivity contribution in [3.05, 3.63) is 12.2 Å². The molecule has 17 heavy (non-hydrogen) atoms. The molecule has 1 fully saturated rings. The topological polar surface area (TPSA) is 52.0 Å². The fraction of sp³-hybridized carbons (Fsp3) is 0.833. The lowest BCUT2D eigenvalue weighted by atomic mass is 10.3. The molecule has 1 aliphatic rings. The van der Waals surface area contributed by atoms with Crippen LogP contribution in [0.2, 0.25) is 0 Å². The first-order valence-electron chi connectivity index (χ1n) is 6.59. The van der Waals surface area contributed by atoms with Gasteiger partial charge in [-0.3, -0.25) is 0 Å². The second kappa shape index (κ2) is 6.71. The lowest BCUT2D eigenvalue weighted by molar-refractivity contribution is 0.0601. The van der Waals surface area contributed by atoms with Gasteiger partial charge in [-0.05, 0) is 19.8 Å². The summed E-state index contributed by atoms with van der Waals surface area (Å²) < 4.78 is 7.68. The summed E-state index contributed by atoms with van der Waals surface area (Å²) >= 11 is 0. The average molecular weight is 238 g/mol. The molecule has 0 aliphatic heterocycles. The molecule has 0 saturated heterocycles. The summed E-state index contributed by atoms with van der Waals surface area (Å²) in [5, 5.41) is 7.47. The van der Waals surface area contributed by atoms with Crippen LogP contribution in [0.5, 0.6) is 0 Å². The van der Waals surface area contributed by atoms with E-state index in [-0.39, 0.29) is 0 Å². The van der Waals surface area contributed by atoms with Gasteiger partial charge in [-0.1, -0.05) is 12.8 Å². The largest absolute Gasteiger partial charge is 0.377 e. The molecule has 0 spiro atoms. The van der Waals surface area contributed by atoms with Gasteiger partial charge >= 0.3 is 0 Å². The highest BCUT2D eigenvalue weighted by atomic mass is 16.5. The predicted octanol–water partition coefficient (Wildman–Crippen LogP) is 1.35. The van der Waals surface area contributed by atoms with Gasteiger partial charge in [0.1, 0.15) is 12.2 Å². The molecule has 1 heterocycles. The van der Waals surface area contributed by atoms with Crippen LogP contribution >= 0.6 is 0 Å². The third-order valence-corrected chi connectivity index (χ3v) is 3.21. The fourth-order valence-corrected chi connectivity index (χ4v) is 2.24. The van der Waals surface area contributed by atoms with Crippen LogP contribution in [0.4, 0.5) is 0 Å². The number of aryl methyl sites for hydroxylation is 1. The molecule has 1 aromatic rings. The Hall–Kier alpha value is -0.940. The quantitative estimate of drug-likeness (QED) is 0.728. The number of nitrogens with zero attached hydrogens (tertiary/aromatic N) is 3. The number of aromatic nitrogens is 3. The summed E-state index contributed by atoms with van der Waals surface area (Å²) in [6.07, 6.45) is 7.26. The van der Waals surface area contributed by atoms with E-state index in [0.717, 1.165) is 32.1 Å². The van der Waals surface area contributed by atoms with Crippen LogP contribution in [0.1, 0.15) is 38.4 Å². The Balaban J connectivity index is 1.56. The average Bonchev–Trinajstić information content (AvgIpc) is 2.98. The highest BCUT2D eigenvalue weighted by Gasteiger charge is 2.14. The van der Waals surface area contributed by atoms with Crippen LogP contribution in [-0.2, 0) is 17.8 Å². The van der Waals surface area contributed by atoms with E-state index in [2.05, 4.69) is 22.3 Å². The maximum absolute atomic E-state index is 5.77. The van der Waals surface area contributed by atoms with E-state index in [1.165, 1.54) is 25.7 Å². The normalized spacial score (nSPS) is 16.8. The van der Waals surface area contributed by atoms with Crippen molar-refractivity contribution in [2.45, 2.75) is 51.8 Å². The highest BCUT2D eigenvalue weighted by molar-refractivity contribution is 4.83. The third-order valence-electron chi connectivity index (χ3n) is 3.21. The minimum Gasteiger partial charge on any atom is -0.377 e. The maximum atomic E-state index is 5.77. The molecule has 96 valence electrons. The van der Waals surface area contributed by atoms with Gasteiger partial charge in [0.25, 0.3) is 0 Å². The van der Waals surface area contributed by atoms with Crippen LogP contribution in [0.25, 0.3) is 0 Å². The Kier molecular flexibility index (Phi) is 4.94. The molecular weight excluding hydrogens is 216 g/mol. The molecule has 0 radical (unpaired) electrons. The van der Waals surface area contributed by atoms with Crippen LogP contribution in [0.15, 0.2) is 6.33 Å². The van der Waals surface area contributed by atoms with Crippen LogP contribution in [-0.4, -0.2) is 34.0 Å². The van der Waals surface area contributed by atoms with Gasteiger partial charge in [0.05, 0.1) is 19.3 Å². The molecule has 5 heteroatoms. The lowest BCUT2D eigenvalue weighted by Gasteiger charge is -2.11. The minimum absolute atomic E-state index is 0.510. The Morgan fingerprint density at radius 3 is 3.06 bits per heavy atom.